The van der Waals surface area contributed by atoms with Crippen molar-refractivity contribution in [2.75, 3.05) is 10.0 Å². The fourth-order valence-corrected chi connectivity index (χ4v) is 6.10. The van der Waals surface area contributed by atoms with Gasteiger partial charge in [-0.3, -0.25) is 19.1 Å². The molecule has 38 heavy (non-hydrogen) atoms. The second-order valence-electron chi connectivity index (χ2n) is 8.62. The summed E-state index contributed by atoms with van der Waals surface area (Å²) in [7, 11) is -3.70. The largest absolute Gasteiger partial charge is 0.324 e. The summed E-state index contributed by atoms with van der Waals surface area (Å²) in [6.45, 7) is 1.73. The molecular formula is C29H22N2O5S2. The molecule has 0 saturated carbocycles. The van der Waals surface area contributed by atoms with Gasteiger partial charge in [-0.2, -0.15) is 0 Å². The molecule has 0 spiro atoms. The predicted octanol–water partition coefficient (Wildman–Crippen LogP) is 5.38. The van der Waals surface area contributed by atoms with Gasteiger partial charge in [0, 0.05) is 27.3 Å². The molecule has 0 radical (unpaired) electrons. The highest BCUT2D eigenvalue weighted by molar-refractivity contribution is 8.00. The number of sulfonamides is 1. The summed E-state index contributed by atoms with van der Waals surface area (Å²) in [5.74, 6) is -0.895. The minimum Gasteiger partial charge on any atom is -0.324 e. The van der Waals surface area contributed by atoms with Gasteiger partial charge in [-0.05, 0) is 49.4 Å². The summed E-state index contributed by atoms with van der Waals surface area (Å²) in [6.07, 6.45) is 0. The SMILES string of the molecule is CC(Sc1ccc(NS(=O)(=O)c2ccccc2)cc1)C(=O)Nc1cccc2c1C(=O)c1ccccc1C2=O. The van der Waals surface area contributed by atoms with Gasteiger partial charge in [0.25, 0.3) is 10.0 Å². The Morgan fingerprint density at radius 3 is 2.03 bits per heavy atom. The number of hydrogen-bond donors (Lipinski definition) is 2. The van der Waals surface area contributed by atoms with Gasteiger partial charge in [-0.1, -0.05) is 54.6 Å². The van der Waals surface area contributed by atoms with Crippen molar-refractivity contribution < 1.29 is 22.8 Å². The second-order valence-corrected chi connectivity index (χ2v) is 11.7. The number of thioether (sulfide) groups is 1. The number of rotatable bonds is 7. The lowest BCUT2D eigenvalue weighted by Gasteiger charge is -2.21. The maximum Gasteiger partial charge on any atom is 0.261 e. The molecule has 0 heterocycles. The molecule has 190 valence electrons. The average molecular weight is 543 g/mol. The normalized spacial score (nSPS) is 13.3. The summed E-state index contributed by atoms with van der Waals surface area (Å²) >= 11 is 1.28. The molecule has 1 aliphatic rings. The Balaban J connectivity index is 1.28. The van der Waals surface area contributed by atoms with Crippen LogP contribution in [0.2, 0.25) is 0 Å². The van der Waals surface area contributed by atoms with Gasteiger partial charge < -0.3 is 5.32 Å². The Hall–Kier alpha value is -4.21. The van der Waals surface area contributed by atoms with Crippen LogP contribution in [0, 0.1) is 0 Å². The van der Waals surface area contributed by atoms with E-state index in [1.165, 1.54) is 23.9 Å². The quantitative estimate of drug-likeness (QED) is 0.267. The lowest BCUT2D eigenvalue weighted by atomic mass is 9.83. The summed E-state index contributed by atoms with van der Waals surface area (Å²) in [6, 6.07) is 26.3. The Morgan fingerprint density at radius 1 is 0.737 bits per heavy atom. The monoisotopic (exact) mass is 542 g/mol. The highest BCUT2D eigenvalue weighted by Gasteiger charge is 2.32. The molecule has 0 bridgehead atoms. The van der Waals surface area contributed by atoms with Crippen LogP contribution in [-0.4, -0.2) is 31.1 Å². The molecule has 0 saturated heterocycles. The fourth-order valence-electron chi connectivity index (χ4n) is 4.16. The first-order valence-corrected chi connectivity index (χ1v) is 14.1. The topological polar surface area (TPSA) is 109 Å². The van der Waals surface area contributed by atoms with Crippen molar-refractivity contribution in [1.29, 1.82) is 0 Å². The second kappa shape index (κ2) is 10.3. The first-order chi connectivity index (χ1) is 18.2. The number of nitrogens with one attached hydrogen (secondary N) is 2. The number of carbonyl (C=O) groups excluding carboxylic acids is 3. The Bertz CT molecular complexity index is 1670. The molecule has 0 aliphatic heterocycles. The van der Waals surface area contributed by atoms with Crippen LogP contribution in [0.15, 0.2) is 107 Å². The molecule has 0 aromatic heterocycles. The van der Waals surface area contributed by atoms with E-state index in [0.717, 1.165) is 4.90 Å². The Kier molecular flexibility index (Phi) is 6.88. The van der Waals surface area contributed by atoms with Crippen LogP contribution < -0.4 is 10.0 Å². The van der Waals surface area contributed by atoms with Crippen molar-refractivity contribution in [3.05, 3.63) is 119 Å². The van der Waals surface area contributed by atoms with Gasteiger partial charge >= 0.3 is 0 Å². The first kappa shape index (κ1) is 25.4. The number of carbonyl (C=O) groups is 3. The van der Waals surface area contributed by atoms with E-state index in [0.29, 0.717) is 22.5 Å². The number of amides is 1. The van der Waals surface area contributed by atoms with Crippen LogP contribution in [0.3, 0.4) is 0 Å². The zero-order valence-corrected chi connectivity index (χ0v) is 21.8. The molecule has 2 N–H and O–H groups in total. The zero-order chi connectivity index (χ0) is 26.9. The summed E-state index contributed by atoms with van der Waals surface area (Å²) < 4.78 is 27.6. The van der Waals surface area contributed by atoms with Gasteiger partial charge in [-0.25, -0.2) is 8.42 Å². The van der Waals surface area contributed by atoms with E-state index >= 15 is 0 Å². The van der Waals surface area contributed by atoms with E-state index in [-0.39, 0.29) is 33.5 Å². The molecule has 0 fully saturated rings. The third-order valence-corrected chi connectivity index (χ3v) is 8.56. The standard InChI is InChI=1S/C29H22N2O5S2/c1-18(37-20-16-14-19(15-17-20)31-38(35,36)21-8-3-2-4-9-21)29(34)30-25-13-7-12-24-26(25)28(33)23-11-6-5-10-22(23)27(24)32/h2-18,31H,1H3,(H,30,34). The van der Waals surface area contributed by atoms with Gasteiger partial charge in [0.1, 0.15) is 0 Å². The average Bonchev–Trinajstić information content (AvgIpc) is 2.93. The van der Waals surface area contributed by atoms with Crippen LogP contribution in [0.4, 0.5) is 11.4 Å². The lowest BCUT2D eigenvalue weighted by Crippen LogP contribution is -2.27. The van der Waals surface area contributed by atoms with E-state index in [4.69, 9.17) is 0 Å². The number of ketones is 2. The van der Waals surface area contributed by atoms with Crippen LogP contribution in [0.5, 0.6) is 0 Å². The van der Waals surface area contributed by atoms with E-state index in [1.54, 1.807) is 91.9 Å². The molecule has 1 amide bonds. The molecule has 1 aliphatic carbocycles. The zero-order valence-electron chi connectivity index (χ0n) is 20.2. The molecule has 5 rings (SSSR count). The van der Waals surface area contributed by atoms with Crippen molar-refractivity contribution in [3.63, 3.8) is 0 Å². The third kappa shape index (κ3) is 4.98. The van der Waals surface area contributed by atoms with Crippen molar-refractivity contribution in [1.82, 2.24) is 0 Å². The van der Waals surface area contributed by atoms with Gasteiger partial charge in [0.05, 0.1) is 21.4 Å². The number of fused-ring (bicyclic) bond motifs is 2. The van der Waals surface area contributed by atoms with Gasteiger partial charge in [-0.15, -0.1) is 11.8 Å². The lowest BCUT2D eigenvalue weighted by molar-refractivity contribution is -0.115. The van der Waals surface area contributed by atoms with Crippen molar-refractivity contribution in [3.8, 4) is 0 Å². The molecule has 7 nitrogen and oxygen atoms in total. The number of hydrogen-bond acceptors (Lipinski definition) is 6. The van der Waals surface area contributed by atoms with E-state index < -0.39 is 15.3 Å². The van der Waals surface area contributed by atoms with Crippen LogP contribution >= 0.6 is 11.8 Å². The highest BCUT2D eigenvalue weighted by atomic mass is 32.2. The highest BCUT2D eigenvalue weighted by Crippen LogP contribution is 2.33. The maximum atomic E-state index is 13.2. The van der Waals surface area contributed by atoms with Gasteiger partial charge in [0.15, 0.2) is 11.6 Å². The maximum absolute atomic E-state index is 13.2. The first-order valence-electron chi connectivity index (χ1n) is 11.7. The number of anilines is 2. The molecule has 9 heteroatoms. The molecule has 4 aromatic carbocycles. The van der Waals surface area contributed by atoms with Gasteiger partial charge in [0.2, 0.25) is 5.91 Å². The van der Waals surface area contributed by atoms with Crippen LogP contribution in [-0.2, 0) is 14.8 Å². The molecule has 1 unspecified atom stereocenters. The van der Waals surface area contributed by atoms with Crippen LogP contribution in [0.1, 0.15) is 38.8 Å². The summed E-state index contributed by atoms with van der Waals surface area (Å²) in [5.41, 5.74) is 1.81. The van der Waals surface area contributed by atoms with E-state index in [2.05, 4.69) is 10.0 Å². The smallest absolute Gasteiger partial charge is 0.261 e. The summed E-state index contributed by atoms with van der Waals surface area (Å²) in [5, 5.41) is 2.27. The fraction of sp³-hybridized carbons (Fsp3) is 0.0690. The van der Waals surface area contributed by atoms with E-state index in [9.17, 15) is 22.8 Å². The minimum atomic E-state index is -3.70. The van der Waals surface area contributed by atoms with E-state index in [1.807, 2.05) is 0 Å². The Morgan fingerprint density at radius 2 is 1.34 bits per heavy atom. The predicted molar refractivity (Wildman–Crippen MR) is 147 cm³/mol. The van der Waals surface area contributed by atoms with Crippen molar-refractivity contribution in [2.24, 2.45) is 0 Å². The minimum absolute atomic E-state index is 0.163. The van der Waals surface area contributed by atoms with Crippen molar-refractivity contribution in [2.45, 2.75) is 22.0 Å². The molecule has 1 atom stereocenters. The Labute approximate surface area is 224 Å². The van der Waals surface area contributed by atoms with Crippen LogP contribution in [0.25, 0.3) is 0 Å². The third-order valence-electron chi connectivity index (χ3n) is 6.05. The summed E-state index contributed by atoms with van der Waals surface area (Å²) in [4.78, 5) is 40.1. The number of benzene rings is 4. The van der Waals surface area contributed by atoms with Crippen molar-refractivity contribution >= 4 is 50.6 Å². The molecule has 4 aromatic rings. The molecular weight excluding hydrogens is 520 g/mol.